The molecule has 1 aliphatic rings. The average Bonchev–Trinajstić information content (AvgIpc) is 3.35. The van der Waals surface area contributed by atoms with Gasteiger partial charge in [0.2, 0.25) is 11.8 Å². The molecule has 1 rings (SSSR count). The SMILES string of the molecule is CC(C)(C)OC(=O)[C@@H](CO)NC(=O)C1(C(=O)N[C@H](CO)C(=O)OC(C)(C)C)CC1. The molecule has 1 saturated carbocycles. The minimum absolute atomic E-state index is 0.198. The van der Waals surface area contributed by atoms with Crippen LogP contribution in [-0.4, -0.2) is 70.5 Å². The lowest BCUT2D eigenvalue weighted by atomic mass is 10.0. The maximum absolute atomic E-state index is 12.6. The molecule has 0 unspecified atom stereocenters. The molecule has 0 bridgehead atoms. The van der Waals surface area contributed by atoms with E-state index in [1.165, 1.54) is 0 Å². The van der Waals surface area contributed by atoms with Crippen LogP contribution in [-0.2, 0) is 28.7 Å². The highest BCUT2D eigenvalue weighted by Crippen LogP contribution is 2.46. The molecule has 2 atom stereocenters. The number of carbonyl (C=O) groups is 4. The second-order valence-electron chi connectivity index (χ2n) is 9.07. The molecule has 0 aromatic heterocycles. The summed E-state index contributed by atoms with van der Waals surface area (Å²) in [4.78, 5) is 49.4. The highest BCUT2D eigenvalue weighted by atomic mass is 16.6. The van der Waals surface area contributed by atoms with Crippen LogP contribution in [0.2, 0.25) is 0 Å². The molecule has 4 N–H and O–H groups in total. The topological polar surface area (TPSA) is 151 Å². The second-order valence-corrected chi connectivity index (χ2v) is 9.07. The van der Waals surface area contributed by atoms with Crippen LogP contribution in [0.1, 0.15) is 54.4 Å². The molecule has 0 aromatic rings. The fourth-order valence-electron chi connectivity index (χ4n) is 2.38. The summed E-state index contributed by atoms with van der Waals surface area (Å²) in [5, 5.41) is 23.5. The summed E-state index contributed by atoms with van der Waals surface area (Å²) in [5.41, 5.74) is -3.11. The zero-order chi connectivity index (χ0) is 22.6. The summed E-state index contributed by atoms with van der Waals surface area (Å²) in [5.74, 6) is -3.18. The van der Waals surface area contributed by atoms with Crippen molar-refractivity contribution in [2.75, 3.05) is 13.2 Å². The van der Waals surface area contributed by atoms with Gasteiger partial charge in [-0.15, -0.1) is 0 Å². The summed E-state index contributed by atoms with van der Waals surface area (Å²) in [6.45, 7) is 8.45. The summed E-state index contributed by atoms with van der Waals surface area (Å²) >= 11 is 0. The van der Waals surface area contributed by atoms with Crippen LogP contribution in [0.25, 0.3) is 0 Å². The van der Waals surface area contributed by atoms with E-state index in [1.807, 2.05) is 0 Å². The Bertz CT molecular complexity index is 592. The van der Waals surface area contributed by atoms with Crippen LogP contribution in [0.5, 0.6) is 0 Å². The number of carbonyl (C=O) groups excluding carboxylic acids is 4. The molecular weight excluding hydrogens is 384 g/mol. The van der Waals surface area contributed by atoms with E-state index in [1.54, 1.807) is 41.5 Å². The normalized spacial score (nSPS) is 17.5. The molecule has 1 aliphatic carbocycles. The van der Waals surface area contributed by atoms with E-state index in [0.29, 0.717) is 0 Å². The number of hydrogen-bond donors (Lipinski definition) is 4. The van der Waals surface area contributed by atoms with Crippen molar-refractivity contribution in [1.82, 2.24) is 10.6 Å². The Labute approximate surface area is 170 Å². The quantitative estimate of drug-likeness (QED) is 0.303. The number of rotatable bonds is 8. The van der Waals surface area contributed by atoms with Crippen LogP contribution in [0.3, 0.4) is 0 Å². The summed E-state index contributed by atoms with van der Waals surface area (Å²) < 4.78 is 10.3. The number of hydrogen-bond acceptors (Lipinski definition) is 8. The number of nitrogens with one attached hydrogen (secondary N) is 2. The van der Waals surface area contributed by atoms with E-state index in [4.69, 9.17) is 9.47 Å². The van der Waals surface area contributed by atoms with E-state index < -0.39 is 65.7 Å². The molecule has 1 fully saturated rings. The molecule has 0 aromatic carbocycles. The van der Waals surface area contributed by atoms with Crippen LogP contribution < -0.4 is 10.6 Å². The van der Waals surface area contributed by atoms with Gasteiger partial charge in [-0.1, -0.05) is 0 Å². The zero-order valence-electron chi connectivity index (χ0n) is 17.8. The Morgan fingerprint density at radius 3 is 1.31 bits per heavy atom. The first-order chi connectivity index (χ1) is 13.1. The number of ether oxygens (including phenoxy) is 2. The van der Waals surface area contributed by atoms with Crippen LogP contribution in [0, 0.1) is 5.41 Å². The fourth-order valence-corrected chi connectivity index (χ4v) is 2.38. The molecule has 0 spiro atoms. The Balaban J connectivity index is 2.79. The average molecular weight is 416 g/mol. The summed E-state index contributed by atoms with van der Waals surface area (Å²) in [6.07, 6.45) is 0.396. The van der Waals surface area contributed by atoms with Crippen molar-refractivity contribution in [2.24, 2.45) is 5.41 Å². The van der Waals surface area contributed by atoms with Gasteiger partial charge in [0.1, 0.15) is 16.6 Å². The smallest absolute Gasteiger partial charge is 0.331 e. The Morgan fingerprint density at radius 2 is 1.10 bits per heavy atom. The van der Waals surface area contributed by atoms with Crippen LogP contribution >= 0.6 is 0 Å². The maximum atomic E-state index is 12.6. The zero-order valence-corrected chi connectivity index (χ0v) is 17.8. The third-order valence-electron chi connectivity index (χ3n) is 3.98. The van der Waals surface area contributed by atoms with Crippen LogP contribution in [0.4, 0.5) is 0 Å². The van der Waals surface area contributed by atoms with Crippen molar-refractivity contribution in [3.05, 3.63) is 0 Å². The number of aliphatic hydroxyl groups is 2. The van der Waals surface area contributed by atoms with Crippen molar-refractivity contribution < 1.29 is 38.9 Å². The molecular formula is C19H32N2O8. The van der Waals surface area contributed by atoms with E-state index in [9.17, 15) is 29.4 Å². The van der Waals surface area contributed by atoms with Crippen molar-refractivity contribution >= 4 is 23.8 Å². The van der Waals surface area contributed by atoms with Gasteiger partial charge >= 0.3 is 11.9 Å². The van der Waals surface area contributed by atoms with Crippen molar-refractivity contribution in [3.63, 3.8) is 0 Å². The van der Waals surface area contributed by atoms with Gasteiger partial charge in [-0.05, 0) is 54.4 Å². The molecule has 0 heterocycles. The van der Waals surface area contributed by atoms with Crippen molar-refractivity contribution in [2.45, 2.75) is 77.7 Å². The number of amides is 2. The summed E-state index contributed by atoms with van der Waals surface area (Å²) in [7, 11) is 0. The van der Waals surface area contributed by atoms with Gasteiger partial charge in [-0.25, -0.2) is 9.59 Å². The van der Waals surface area contributed by atoms with Gasteiger partial charge in [0.05, 0.1) is 13.2 Å². The number of aliphatic hydroxyl groups excluding tert-OH is 2. The lowest BCUT2D eigenvalue weighted by Crippen LogP contribution is -2.54. The first-order valence-corrected chi connectivity index (χ1v) is 9.44. The number of esters is 2. The van der Waals surface area contributed by atoms with E-state index in [2.05, 4.69) is 10.6 Å². The minimum Gasteiger partial charge on any atom is -0.458 e. The Morgan fingerprint density at radius 1 is 0.793 bits per heavy atom. The first kappa shape index (κ1) is 24.8. The molecule has 2 amide bonds. The maximum Gasteiger partial charge on any atom is 0.331 e. The largest absolute Gasteiger partial charge is 0.458 e. The van der Waals surface area contributed by atoms with E-state index in [-0.39, 0.29) is 12.8 Å². The van der Waals surface area contributed by atoms with Crippen molar-refractivity contribution in [1.29, 1.82) is 0 Å². The van der Waals surface area contributed by atoms with Crippen LogP contribution in [0.15, 0.2) is 0 Å². The molecule has 166 valence electrons. The van der Waals surface area contributed by atoms with Gasteiger partial charge in [0.25, 0.3) is 0 Å². The summed E-state index contributed by atoms with van der Waals surface area (Å²) in [6, 6.07) is -2.65. The molecule has 0 aliphatic heterocycles. The highest BCUT2D eigenvalue weighted by molar-refractivity contribution is 6.09. The van der Waals surface area contributed by atoms with Gasteiger partial charge in [-0.2, -0.15) is 0 Å². The molecule has 10 heteroatoms. The molecule has 0 radical (unpaired) electrons. The predicted molar refractivity (Wildman–Crippen MR) is 101 cm³/mol. The lowest BCUT2D eigenvalue weighted by molar-refractivity contribution is -0.161. The van der Waals surface area contributed by atoms with E-state index >= 15 is 0 Å². The van der Waals surface area contributed by atoms with Gasteiger partial charge in [0, 0.05) is 0 Å². The second kappa shape index (κ2) is 9.08. The minimum atomic E-state index is -1.48. The van der Waals surface area contributed by atoms with Gasteiger partial charge < -0.3 is 30.3 Å². The monoisotopic (exact) mass is 416 g/mol. The van der Waals surface area contributed by atoms with Gasteiger partial charge in [-0.3, -0.25) is 9.59 Å². The first-order valence-electron chi connectivity index (χ1n) is 9.44. The molecule has 0 saturated heterocycles. The standard InChI is InChI=1S/C19H32N2O8/c1-17(2,3)28-13(24)11(9-22)20-15(26)19(7-8-19)16(27)21-12(10-23)14(25)29-18(4,5)6/h11-12,22-23H,7-10H2,1-6H3,(H,20,26)(H,21,27)/t11-,12-/m1/s1. The van der Waals surface area contributed by atoms with Gasteiger partial charge in [0.15, 0.2) is 12.1 Å². The Hall–Kier alpha value is -2.20. The fraction of sp³-hybridized carbons (Fsp3) is 0.789. The lowest BCUT2D eigenvalue weighted by Gasteiger charge is -2.26. The third kappa shape index (κ3) is 7.28. The van der Waals surface area contributed by atoms with E-state index in [0.717, 1.165) is 0 Å². The third-order valence-corrected chi connectivity index (χ3v) is 3.98. The van der Waals surface area contributed by atoms with Crippen molar-refractivity contribution in [3.8, 4) is 0 Å². The predicted octanol–water partition coefficient (Wildman–Crippen LogP) is -0.596. The molecule has 29 heavy (non-hydrogen) atoms. The highest BCUT2D eigenvalue weighted by Gasteiger charge is 2.57. The Kier molecular flexibility index (Phi) is 7.78. The molecule has 10 nitrogen and oxygen atoms in total.